The molecule has 0 radical (unpaired) electrons. The smallest absolute Gasteiger partial charge is 0.449 e. The average Bonchev–Trinajstić information content (AvgIpc) is 2.85. The Hall–Kier alpha value is -3.17. The lowest BCUT2D eigenvalue weighted by Crippen LogP contribution is -2.58. The number of pyridine rings is 1. The summed E-state index contributed by atoms with van der Waals surface area (Å²) in [4.78, 5) is 39.5. The van der Waals surface area contributed by atoms with Crippen molar-refractivity contribution < 1.29 is 24.2 Å². The van der Waals surface area contributed by atoms with E-state index in [2.05, 4.69) is 20.1 Å². The molecule has 1 atom stereocenters. The first-order chi connectivity index (χ1) is 11.6. The van der Waals surface area contributed by atoms with Gasteiger partial charge in [0.1, 0.15) is 5.54 Å². The first kappa shape index (κ1) is 18.2. The van der Waals surface area contributed by atoms with Crippen LogP contribution >= 0.6 is 0 Å². The summed E-state index contributed by atoms with van der Waals surface area (Å²) >= 11 is 0. The molecule has 0 aliphatic heterocycles. The van der Waals surface area contributed by atoms with Gasteiger partial charge in [0.05, 0.1) is 6.20 Å². The standard InChI is InChI=1S/C15H19N5O5/c1-7(2)15(3,13(16)22)19-12(21)10-9(25-14(23)24)5-8-6-17-20(4)11(8)18-10/h5-7H,1-4H3,(H2,16,22)(H,19,21)(H,23,24). The van der Waals surface area contributed by atoms with E-state index in [1.54, 1.807) is 20.9 Å². The molecule has 2 aromatic heterocycles. The molecule has 1 unspecified atom stereocenters. The normalized spacial score (nSPS) is 13.5. The van der Waals surface area contributed by atoms with E-state index in [1.165, 1.54) is 23.9 Å². The minimum Gasteiger partial charge on any atom is -0.449 e. The van der Waals surface area contributed by atoms with Crippen LogP contribution in [0, 0.1) is 5.92 Å². The number of rotatable bonds is 5. The molecule has 0 saturated carbocycles. The van der Waals surface area contributed by atoms with Crippen LogP contribution in [0.4, 0.5) is 4.79 Å². The van der Waals surface area contributed by atoms with E-state index >= 15 is 0 Å². The van der Waals surface area contributed by atoms with Crippen molar-refractivity contribution in [3.63, 3.8) is 0 Å². The van der Waals surface area contributed by atoms with Gasteiger partial charge in [0.2, 0.25) is 5.91 Å². The lowest BCUT2D eigenvalue weighted by molar-refractivity contribution is -0.125. The molecule has 10 heteroatoms. The number of hydrogen-bond donors (Lipinski definition) is 3. The molecule has 0 spiro atoms. The van der Waals surface area contributed by atoms with Crippen molar-refractivity contribution in [2.24, 2.45) is 18.7 Å². The third-order valence-electron chi connectivity index (χ3n) is 4.12. The van der Waals surface area contributed by atoms with Gasteiger partial charge in [-0.25, -0.2) is 9.78 Å². The molecule has 0 aromatic carbocycles. The zero-order chi connectivity index (χ0) is 18.9. The number of aromatic nitrogens is 3. The van der Waals surface area contributed by atoms with Crippen molar-refractivity contribution >= 4 is 29.0 Å². The summed E-state index contributed by atoms with van der Waals surface area (Å²) in [6, 6.07) is 1.34. The number of nitrogens with one attached hydrogen (secondary N) is 1. The van der Waals surface area contributed by atoms with Crippen molar-refractivity contribution in [2.45, 2.75) is 26.3 Å². The van der Waals surface area contributed by atoms with Gasteiger partial charge in [-0.05, 0) is 18.9 Å². The van der Waals surface area contributed by atoms with Gasteiger partial charge in [-0.1, -0.05) is 13.8 Å². The number of carbonyl (C=O) groups is 3. The molecule has 25 heavy (non-hydrogen) atoms. The van der Waals surface area contributed by atoms with Gasteiger partial charge in [-0.15, -0.1) is 0 Å². The molecule has 134 valence electrons. The van der Waals surface area contributed by atoms with Crippen LogP contribution in [0.25, 0.3) is 11.0 Å². The Morgan fingerprint density at radius 1 is 1.40 bits per heavy atom. The molecule has 10 nitrogen and oxygen atoms in total. The predicted molar refractivity (Wildman–Crippen MR) is 87.1 cm³/mol. The Labute approximate surface area is 143 Å². The molecule has 0 fully saturated rings. The fraction of sp³-hybridized carbons (Fsp3) is 0.400. The molecule has 0 aliphatic rings. The molecule has 0 bridgehead atoms. The first-order valence-electron chi connectivity index (χ1n) is 7.42. The largest absolute Gasteiger partial charge is 0.511 e. The summed E-state index contributed by atoms with van der Waals surface area (Å²) in [5.74, 6) is -2.08. The van der Waals surface area contributed by atoms with E-state index < -0.39 is 23.5 Å². The molecule has 0 aliphatic carbocycles. The minimum atomic E-state index is -1.60. The van der Waals surface area contributed by atoms with E-state index in [0.717, 1.165) is 0 Å². The van der Waals surface area contributed by atoms with Crippen LogP contribution < -0.4 is 15.8 Å². The molecule has 4 N–H and O–H groups in total. The molecule has 2 aromatic rings. The van der Waals surface area contributed by atoms with E-state index in [1.807, 2.05) is 0 Å². The summed E-state index contributed by atoms with van der Waals surface area (Å²) in [6.07, 6.45) is -0.138. The Morgan fingerprint density at radius 3 is 2.56 bits per heavy atom. The van der Waals surface area contributed by atoms with Gasteiger partial charge in [-0.3, -0.25) is 14.3 Å². The Morgan fingerprint density at radius 2 is 2.04 bits per heavy atom. The molecule has 2 rings (SSSR count). The number of nitrogens with zero attached hydrogens (tertiary/aromatic N) is 3. The Balaban J connectivity index is 2.53. The maximum Gasteiger partial charge on any atom is 0.511 e. The summed E-state index contributed by atoms with van der Waals surface area (Å²) in [6.45, 7) is 4.92. The van der Waals surface area contributed by atoms with Crippen LogP contribution in [0.3, 0.4) is 0 Å². The second-order valence-corrected chi connectivity index (χ2v) is 6.06. The van der Waals surface area contributed by atoms with Crippen molar-refractivity contribution in [1.82, 2.24) is 20.1 Å². The Bertz CT molecular complexity index is 859. The SMILES string of the molecule is CC(C)C(C)(NC(=O)c1nc2c(cnn2C)cc1OC(=O)O)C(N)=O. The summed E-state index contributed by atoms with van der Waals surface area (Å²) in [7, 11) is 1.62. The van der Waals surface area contributed by atoms with Gasteiger partial charge in [0.25, 0.3) is 5.91 Å². The van der Waals surface area contributed by atoms with Gasteiger partial charge < -0.3 is 20.9 Å². The van der Waals surface area contributed by atoms with Crippen LogP contribution in [0.15, 0.2) is 12.3 Å². The van der Waals surface area contributed by atoms with Crippen LogP contribution in [-0.4, -0.2) is 43.4 Å². The van der Waals surface area contributed by atoms with Crippen molar-refractivity contribution in [2.75, 3.05) is 0 Å². The highest BCUT2D eigenvalue weighted by molar-refractivity contribution is 6.01. The minimum absolute atomic E-state index is 0.263. The van der Waals surface area contributed by atoms with Crippen molar-refractivity contribution in [3.8, 4) is 5.75 Å². The summed E-state index contributed by atoms with van der Waals surface area (Å²) < 4.78 is 6.08. The summed E-state index contributed by atoms with van der Waals surface area (Å²) in [5.41, 5.74) is 4.12. The van der Waals surface area contributed by atoms with Gasteiger partial charge in [-0.2, -0.15) is 5.10 Å². The molecular weight excluding hydrogens is 330 g/mol. The predicted octanol–water partition coefficient (Wildman–Crippen LogP) is 0.655. The zero-order valence-electron chi connectivity index (χ0n) is 14.2. The van der Waals surface area contributed by atoms with E-state index in [0.29, 0.717) is 11.0 Å². The Kier molecular flexibility index (Phi) is 4.64. The third-order valence-corrected chi connectivity index (χ3v) is 4.12. The fourth-order valence-corrected chi connectivity index (χ4v) is 2.18. The maximum atomic E-state index is 12.7. The highest BCUT2D eigenvalue weighted by Gasteiger charge is 2.37. The second-order valence-electron chi connectivity index (χ2n) is 6.06. The fourth-order valence-electron chi connectivity index (χ4n) is 2.18. The second kappa shape index (κ2) is 6.38. The molecule has 0 saturated heterocycles. The van der Waals surface area contributed by atoms with E-state index in [-0.39, 0.29) is 17.4 Å². The number of aryl methyl sites for hydroxylation is 1. The van der Waals surface area contributed by atoms with Gasteiger partial charge >= 0.3 is 6.16 Å². The number of ether oxygens (including phenoxy) is 1. The molecule has 2 heterocycles. The quantitative estimate of drug-likeness (QED) is 0.671. The van der Waals surface area contributed by atoms with E-state index in [9.17, 15) is 14.4 Å². The highest BCUT2D eigenvalue weighted by Crippen LogP contribution is 2.25. The number of nitrogens with two attached hydrogens (primary N) is 1. The number of fused-ring (bicyclic) bond motifs is 1. The number of amides is 2. The van der Waals surface area contributed by atoms with Crippen molar-refractivity contribution in [1.29, 1.82) is 0 Å². The number of carboxylic acid groups (broad SMARTS) is 1. The molecular formula is C15H19N5O5. The van der Waals surface area contributed by atoms with Crippen LogP contribution in [0.2, 0.25) is 0 Å². The number of primary amides is 1. The maximum absolute atomic E-state index is 12.7. The van der Waals surface area contributed by atoms with Crippen molar-refractivity contribution in [3.05, 3.63) is 18.0 Å². The van der Waals surface area contributed by atoms with Gasteiger partial charge in [0.15, 0.2) is 17.1 Å². The zero-order valence-corrected chi connectivity index (χ0v) is 14.2. The van der Waals surface area contributed by atoms with Crippen LogP contribution in [-0.2, 0) is 11.8 Å². The monoisotopic (exact) mass is 349 g/mol. The summed E-state index contributed by atoms with van der Waals surface area (Å²) in [5, 5.41) is 15.9. The number of hydrogen-bond acceptors (Lipinski definition) is 6. The first-order valence-corrected chi connectivity index (χ1v) is 7.42. The lowest BCUT2D eigenvalue weighted by atomic mass is 9.87. The average molecular weight is 349 g/mol. The van der Waals surface area contributed by atoms with Gasteiger partial charge in [0, 0.05) is 12.4 Å². The highest BCUT2D eigenvalue weighted by atomic mass is 16.7. The van der Waals surface area contributed by atoms with E-state index in [4.69, 9.17) is 10.8 Å². The van der Waals surface area contributed by atoms with Crippen LogP contribution in [0.1, 0.15) is 31.3 Å². The number of carbonyl (C=O) groups excluding carboxylic acids is 2. The third kappa shape index (κ3) is 3.37. The van der Waals surface area contributed by atoms with Crippen LogP contribution in [0.5, 0.6) is 5.75 Å². The lowest BCUT2D eigenvalue weighted by Gasteiger charge is -2.31. The topological polar surface area (TPSA) is 149 Å². The molecule has 2 amide bonds.